The molecule has 2 amide bonds. The van der Waals surface area contributed by atoms with Crippen LogP contribution in [-0.2, 0) is 9.53 Å². The minimum absolute atomic E-state index is 0.0274. The van der Waals surface area contributed by atoms with E-state index in [2.05, 4.69) is 10.3 Å². The van der Waals surface area contributed by atoms with Crippen LogP contribution < -0.4 is 5.32 Å². The van der Waals surface area contributed by atoms with Crippen molar-refractivity contribution in [3.63, 3.8) is 0 Å². The van der Waals surface area contributed by atoms with Crippen LogP contribution in [0.15, 0.2) is 0 Å². The molecule has 0 bridgehead atoms. The van der Waals surface area contributed by atoms with E-state index >= 15 is 0 Å². The van der Waals surface area contributed by atoms with E-state index in [0.29, 0.717) is 29.8 Å². The van der Waals surface area contributed by atoms with Gasteiger partial charge in [-0.3, -0.25) is 9.59 Å². The van der Waals surface area contributed by atoms with Crippen molar-refractivity contribution in [1.29, 1.82) is 0 Å². The molecule has 1 aromatic rings. The highest BCUT2D eigenvalue weighted by Gasteiger charge is 2.35. The monoisotopic (exact) mass is 391 g/mol. The molecule has 28 heavy (non-hydrogen) atoms. The average Bonchev–Trinajstić information content (AvgIpc) is 2.89. The summed E-state index contributed by atoms with van der Waals surface area (Å²) in [5, 5.41) is 13.2. The van der Waals surface area contributed by atoms with Gasteiger partial charge in [0, 0.05) is 24.7 Å². The van der Waals surface area contributed by atoms with Crippen LogP contribution in [0.25, 0.3) is 0 Å². The van der Waals surface area contributed by atoms with Crippen LogP contribution >= 0.6 is 0 Å². The van der Waals surface area contributed by atoms with E-state index < -0.39 is 18.1 Å². The number of ether oxygens (including phenoxy) is 1. The first-order valence-corrected chi connectivity index (χ1v) is 9.97. The van der Waals surface area contributed by atoms with Crippen molar-refractivity contribution in [2.75, 3.05) is 19.7 Å². The Labute approximate surface area is 164 Å². The van der Waals surface area contributed by atoms with E-state index in [1.165, 1.54) is 0 Å². The second-order valence-corrected chi connectivity index (χ2v) is 7.70. The quantitative estimate of drug-likeness (QED) is 0.655. The van der Waals surface area contributed by atoms with Crippen molar-refractivity contribution in [2.45, 2.75) is 58.6 Å². The summed E-state index contributed by atoms with van der Waals surface area (Å²) in [4.78, 5) is 42.1. The van der Waals surface area contributed by atoms with Gasteiger partial charge in [0.1, 0.15) is 5.69 Å². The van der Waals surface area contributed by atoms with Crippen LogP contribution in [0, 0.1) is 19.8 Å². The molecule has 3 N–H and O–H groups in total. The number of esters is 1. The van der Waals surface area contributed by atoms with E-state index in [0.717, 1.165) is 19.3 Å². The zero-order valence-corrected chi connectivity index (χ0v) is 16.7. The smallest absolute Gasteiger partial charge is 0.355 e. The molecule has 1 aliphatic carbocycles. The number of H-pyrrole nitrogens is 1. The molecule has 0 unspecified atom stereocenters. The Bertz CT molecular complexity index is 768. The summed E-state index contributed by atoms with van der Waals surface area (Å²) in [7, 11) is 0. The molecule has 3 rings (SSSR count). The zero-order chi connectivity index (χ0) is 20.4. The molecular formula is C20H29N3O5. The molecule has 8 nitrogen and oxygen atoms in total. The molecule has 1 saturated carbocycles. The second-order valence-electron chi connectivity index (χ2n) is 7.70. The standard InChI is InChI=1S/C20H29N3O5/c1-4-28-20(27)17-11(2)16(12(3)21-17)19(26)23-9-8-15(24)14(10-23)22-18(25)13-6-5-7-13/h13-15,21,24H,4-10H2,1-3H3,(H,22,25)/t14-,15+/m1/s1. The van der Waals surface area contributed by atoms with Crippen molar-refractivity contribution >= 4 is 17.8 Å². The molecule has 0 spiro atoms. The molecule has 8 heteroatoms. The average molecular weight is 391 g/mol. The fourth-order valence-corrected chi connectivity index (χ4v) is 3.87. The van der Waals surface area contributed by atoms with Gasteiger partial charge in [-0.2, -0.15) is 0 Å². The van der Waals surface area contributed by atoms with E-state index in [-0.39, 0.29) is 36.6 Å². The highest BCUT2D eigenvalue weighted by Crippen LogP contribution is 2.27. The number of carbonyl (C=O) groups excluding carboxylic acids is 3. The minimum atomic E-state index is -0.670. The van der Waals surface area contributed by atoms with Crippen molar-refractivity contribution < 1.29 is 24.2 Å². The van der Waals surface area contributed by atoms with Crippen LogP contribution in [0.2, 0.25) is 0 Å². The number of aliphatic hydroxyl groups is 1. The van der Waals surface area contributed by atoms with Crippen LogP contribution in [0.4, 0.5) is 0 Å². The number of aromatic nitrogens is 1. The Balaban J connectivity index is 1.73. The first kappa shape index (κ1) is 20.4. The molecule has 0 radical (unpaired) electrons. The van der Waals surface area contributed by atoms with Gasteiger partial charge in [-0.25, -0.2) is 4.79 Å². The maximum absolute atomic E-state index is 13.1. The van der Waals surface area contributed by atoms with Crippen LogP contribution in [0.1, 0.15) is 64.7 Å². The fourth-order valence-electron chi connectivity index (χ4n) is 3.87. The van der Waals surface area contributed by atoms with Crippen LogP contribution in [-0.4, -0.2) is 64.6 Å². The lowest BCUT2D eigenvalue weighted by Gasteiger charge is -2.38. The molecule has 2 fully saturated rings. The molecule has 2 atom stereocenters. The van der Waals surface area contributed by atoms with Gasteiger partial charge < -0.3 is 25.0 Å². The van der Waals surface area contributed by atoms with Crippen molar-refractivity contribution in [1.82, 2.24) is 15.2 Å². The SMILES string of the molecule is CCOC(=O)c1[nH]c(C)c(C(=O)N2CC[C@H](O)[C@H](NC(=O)C3CCC3)C2)c1C. The van der Waals surface area contributed by atoms with Gasteiger partial charge in [0.15, 0.2) is 0 Å². The van der Waals surface area contributed by atoms with Crippen LogP contribution in [0.5, 0.6) is 0 Å². The maximum atomic E-state index is 13.1. The number of hydrogen-bond acceptors (Lipinski definition) is 5. The van der Waals surface area contributed by atoms with Gasteiger partial charge >= 0.3 is 5.97 Å². The Morgan fingerprint density at radius 3 is 2.57 bits per heavy atom. The molecule has 1 aliphatic heterocycles. The normalized spacial score (nSPS) is 22.5. The summed E-state index contributed by atoms with van der Waals surface area (Å²) in [5.41, 5.74) is 1.90. The number of likely N-dealkylation sites (tertiary alicyclic amines) is 1. The predicted octanol–water partition coefficient (Wildman–Crippen LogP) is 1.30. The largest absolute Gasteiger partial charge is 0.461 e. The number of carbonyl (C=O) groups is 3. The number of aryl methyl sites for hydroxylation is 1. The molecule has 0 aromatic carbocycles. The predicted molar refractivity (Wildman–Crippen MR) is 102 cm³/mol. The van der Waals surface area contributed by atoms with Crippen molar-refractivity contribution in [3.05, 3.63) is 22.5 Å². The number of rotatable bonds is 5. The fraction of sp³-hybridized carbons (Fsp3) is 0.650. The maximum Gasteiger partial charge on any atom is 0.355 e. The summed E-state index contributed by atoms with van der Waals surface area (Å²) in [5.74, 6) is -0.707. The lowest BCUT2D eigenvalue weighted by Crippen LogP contribution is -2.57. The summed E-state index contributed by atoms with van der Waals surface area (Å²) in [6.45, 7) is 6.10. The highest BCUT2D eigenvalue weighted by atomic mass is 16.5. The first-order valence-electron chi connectivity index (χ1n) is 9.97. The van der Waals surface area contributed by atoms with Crippen molar-refractivity contribution in [3.8, 4) is 0 Å². The third-order valence-corrected chi connectivity index (χ3v) is 5.80. The second kappa shape index (κ2) is 8.34. The van der Waals surface area contributed by atoms with E-state index in [1.807, 2.05) is 0 Å². The molecule has 1 saturated heterocycles. The van der Waals surface area contributed by atoms with Crippen LogP contribution in [0.3, 0.4) is 0 Å². The number of piperidine rings is 1. The minimum Gasteiger partial charge on any atom is -0.461 e. The Morgan fingerprint density at radius 2 is 1.96 bits per heavy atom. The van der Waals surface area contributed by atoms with E-state index in [1.54, 1.807) is 25.7 Å². The third-order valence-electron chi connectivity index (χ3n) is 5.80. The van der Waals surface area contributed by atoms with Gasteiger partial charge in [-0.1, -0.05) is 6.42 Å². The number of hydrogen-bond donors (Lipinski definition) is 3. The molecule has 154 valence electrons. The number of amides is 2. The van der Waals surface area contributed by atoms with Gasteiger partial charge in [-0.15, -0.1) is 0 Å². The van der Waals surface area contributed by atoms with Gasteiger partial charge in [-0.05, 0) is 45.6 Å². The van der Waals surface area contributed by atoms with Gasteiger partial charge in [0.05, 0.1) is 24.3 Å². The number of aliphatic hydroxyl groups excluding tert-OH is 1. The zero-order valence-electron chi connectivity index (χ0n) is 16.7. The van der Waals surface area contributed by atoms with Gasteiger partial charge in [0.25, 0.3) is 5.91 Å². The molecular weight excluding hydrogens is 362 g/mol. The number of aromatic amines is 1. The molecule has 2 heterocycles. The summed E-state index contributed by atoms with van der Waals surface area (Å²) in [6.07, 6.45) is 2.56. The number of nitrogens with one attached hydrogen (secondary N) is 2. The Morgan fingerprint density at radius 1 is 1.25 bits per heavy atom. The molecule has 1 aromatic heterocycles. The Kier molecular flexibility index (Phi) is 6.07. The van der Waals surface area contributed by atoms with E-state index in [9.17, 15) is 19.5 Å². The summed E-state index contributed by atoms with van der Waals surface area (Å²) < 4.78 is 5.04. The summed E-state index contributed by atoms with van der Waals surface area (Å²) >= 11 is 0. The van der Waals surface area contributed by atoms with Gasteiger partial charge in [0.2, 0.25) is 5.91 Å². The topological polar surface area (TPSA) is 112 Å². The lowest BCUT2D eigenvalue weighted by molar-refractivity contribution is -0.129. The first-order chi connectivity index (χ1) is 13.3. The highest BCUT2D eigenvalue weighted by molar-refractivity contribution is 6.01. The number of nitrogens with zero attached hydrogens (tertiary/aromatic N) is 1. The lowest BCUT2D eigenvalue weighted by atomic mass is 9.84. The Hall–Kier alpha value is -2.35. The third kappa shape index (κ3) is 3.92. The van der Waals surface area contributed by atoms with E-state index in [4.69, 9.17) is 4.74 Å². The molecule has 2 aliphatic rings. The summed E-state index contributed by atoms with van der Waals surface area (Å²) in [6, 6.07) is -0.477. The van der Waals surface area contributed by atoms with Crippen molar-refractivity contribution in [2.24, 2.45) is 5.92 Å².